The summed E-state index contributed by atoms with van der Waals surface area (Å²) < 4.78 is 24.2. The minimum absolute atomic E-state index is 0.0579. The molecule has 0 saturated carbocycles. The molecule has 0 aliphatic rings. The summed E-state index contributed by atoms with van der Waals surface area (Å²) >= 11 is 0. The van der Waals surface area contributed by atoms with Crippen molar-refractivity contribution in [1.82, 2.24) is 5.32 Å². The van der Waals surface area contributed by atoms with Crippen molar-refractivity contribution in [1.29, 1.82) is 0 Å². The highest BCUT2D eigenvalue weighted by Gasteiger charge is 2.17. The Balaban J connectivity index is 2.45. The topological polar surface area (TPSA) is 47.6 Å². The van der Waals surface area contributed by atoms with Crippen molar-refractivity contribution in [3.8, 4) is 5.75 Å². The molecule has 0 aliphatic heterocycles. The lowest BCUT2D eigenvalue weighted by Gasteiger charge is -2.20. The average molecular weight is 311 g/mol. The third-order valence-corrected chi connectivity index (χ3v) is 2.85. The molecule has 4 nitrogen and oxygen atoms in total. The van der Waals surface area contributed by atoms with Gasteiger partial charge < -0.3 is 14.8 Å². The third-order valence-electron chi connectivity index (χ3n) is 2.85. The first-order valence-corrected chi connectivity index (χ1v) is 7.37. The van der Waals surface area contributed by atoms with Crippen LogP contribution in [0.2, 0.25) is 0 Å². The van der Waals surface area contributed by atoms with E-state index in [0.29, 0.717) is 0 Å². The van der Waals surface area contributed by atoms with Gasteiger partial charge in [0.1, 0.15) is 13.2 Å². The molecule has 5 heteroatoms. The lowest BCUT2D eigenvalue weighted by molar-refractivity contribution is 0.117. The van der Waals surface area contributed by atoms with Gasteiger partial charge in [0.25, 0.3) is 0 Å². The first-order chi connectivity index (χ1) is 9.99. The van der Waals surface area contributed by atoms with Gasteiger partial charge in [-0.3, -0.25) is 0 Å². The van der Waals surface area contributed by atoms with Crippen LogP contribution in [0.3, 0.4) is 0 Å². The van der Waals surface area contributed by atoms with Crippen LogP contribution in [0.4, 0.5) is 9.18 Å². The molecule has 0 unspecified atom stereocenters. The van der Waals surface area contributed by atoms with E-state index in [1.54, 1.807) is 6.07 Å². The van der Waals surface area contributed by atoms with Gasteiger partial charge in [0.05, 0.1) is 0 Å². The van der Waals surface area contributed by atoms with E-state index in [1.165, 1.54) is 6.07 Å². The Labute approximate surface area is 132 Å². The summed E-state index contributed by atoms with van der Waals surface area (Å²) in [5.41, 5.74) is 0.429. The van der Waals surface area contributed by atoms with E-state index in [-0.39, 0.29) is 29.9 Å². The first kappa shape index (κ1) is 18.3. The van der Waals surface area contributed by atoms with Crippen molar-refractivity contribution in [3.63, 3.8) is 0 Å². The van der Waals surface area contributed by atoms with Gasteiger partial charge in [-0.15, -0.1) is 0 Å². The van der Waals surface area contributed by atoms with Crippen LogP contribution in [0.15, 0.2) is 18.2 Å². The van der Waals surface area contributed by atoms with Gasteiger partial charge in [0.2, 0.25) is 0 Å². The lowest BCUT2D eigenvalue weighted by Crippen LogP contribution is -2.41. The predicted octanol–water partition coefficient (Wildman–Crippen LogP) is 4.03. The molecule has 0 fully saturated rings. The number of rotatable bonds is 4. The summed E-state index contributed by atoms with van der Waals surface area (Å²) in [7, 11) is 0. The lowest BCUT2D eigenvalue weighted by atomic mass is 9.87. The van der Waals surface area contributed by atoms with E-state index in [4.69, 9.17) is 9.47 Å². The summed E-state index contributed by atoms with van der Waals surface area (Å²) in [4.78, 5) is 11.4. The Morgan fingerprint density at radius 3 is 2.27 bits per heavy atom. The van der Waals surface area contributed by atoms with Crippen molar-refractivity contribution >= 4 is 6.09 Å². The molecule has 0 radical (unpaired) electrons. The highest BCUT2D eigenvalue weighted by molar-refractivity contribution is 5.68. The molecular weight excluding hydrogens is 285 g/mol. The van der Waals surface area contributed by atoms with E-state index in [9.17, 15) is 9.18 Å². The maximum absolute atomic E-state index is 13.9. The molecule has 0 atom stereocenters. The second-order valence-corrected chi connectivity index (χ2v) is 7.25. The van der Waals surface area contributed by atoms with E-state index in [1.807, 2.05) is 47.6 Å². The number of hydrogen-bond acceptors (Lipinski definition) is 3. The molecule has 1 amide bonds. The number of carbonyl (C=O) groups is 1. The van der Waals surface area contributed by atoms with Crippen molar-refractivity contribution < 1.29 is 18.7 Å². The standard InChI is InChI=1S/C17H26FNO3/c1-16(2,3)12-7-8-14(13(18)11-12)21-9-10-22-15(20)19-17(4,5)6/h7-8,11H,9-10H2,1-6H3,(H,19,20). The summed E-state index contributed by atoms with van der Waals surface area (Å²) in [6.07, 6.45) is -0.514. The van der Waals surface area contributed by atoms with Crippen LogP contribution >= 0.6 is 0 Å². The van der Waals surface area contributed by atoms with Crippen LogP contribution in [0.25, 0.3) is 0 Å². The zero-order valence-corrected chi connectivity index (χ0v) is 14.2. The zero-order chi connectivity index (χ0) is 17.0. The molecule has 0 aromatic heterocycles. The van der Waals surface area contributed by atoms with Crippen LogP contribution < -0.4 is 10.1 Å². The summed E-state index contributed by atoms with van der Waals surface area (Å²) in [5, 5.41) is 2.66. The van der Waals surface area contributed by atoms with Crippen molar-refractivity contribution in [2.75, 3.05) is 13.2 Å². The number of alkyl carbamates (subject to hydrolysis) is 1. The van der Waals surface area contributed by atoms with Gasteiger partial charge >= 0.3 is 6.09 Å². The smallest absolute Gasteiger partial charge is 0.407 e. The average Bonchev–Trinajstić information content (AvgIpc) is 2.32. The van der Waals surface area contributed by atoms with E-state index >= 15 is 0 Å². The van der Waals surface area contributed by atoms with Crippen molar-refractivity contribution in [2.24, 2.45) is 0 Å². The quantitative estimate of drug-likeness (QED) is 0.854. The van der Waals surface area contributed by atoms with E-state index in [0.717, 1.165) is 5.56 Å². The Hall–Kier alpha value is -1.78. The van der Waals surface area contributed by atoms with Gasteiger partial charge in [-0.1, -0.05) is 26.8 Å². The fourth-order valence-electron chi connectivity index (χ4n) is 1.71. The fraction of sp³-hybridized carbons (Fsp3) is 0.588. The summed E-state index contributed by atoms with van der Waals surface area (Å²) in [6.45, 7) is 11.8. The number of benzene rings is 1. The molecule has 0 aliphatic carbocycles. The maximum Gasteiger partial charge on any atom is 0.407 e. The largest absolute Gasteiger partial charge is 0.487 e. The molecule has 1 aromatic rings. The predicted molar refractivity (Wildman–Crippen MR) is 84.8 cm³/mol. The van der Waals surface area contributed by atoms with Gasteiger partial charge in [-0.2, -0.15) is 0 Å². The van der Waals surface area contributed by atoms with Gasteiger partial charge in [-0.05, 0) is 43.9 Å². The van der Waals surface area contributed by atoms with Gasteiger partial charge in [0.15, 0.2) is 11.6 Å². The Morgan fingerprint density at radius 1 is 1.14 bits per heavy atom. The molecule has 1 aromatic carbocycles. The first-order valence-electron chi connectivity index (χ1n) is 7.37. The highest BCUT2D eigenvalue weighted by Crippen LogP contribution is 2.26. The molecular formula is C17H26FNO3. The highest BCUT2D eigenvalue weighted by atomic mass is 19.1. The minimum atomic E-state index is -0.514. The van der Waals surface area contributed by atoms with Gasteiger partial charge in [0, 0.05) is 5.54 Å². The Bertz CT molecular complexity index is 516. The number of halogens is 1. The third kappa shape index (κ3) is 6.33. The van der Waals surface area contributed by atoms with Gasteiger partial charge in [-0.25, -0.2) is 9.18 Å². The number of hydrogen-bond donors (Lipinski definition) is 1. The minimum Gasteiger partial charge on any atom is -0.487 e. The molecule has 1 N–H and O–H groups in total. The second-order valence-electron chi connectivity index (χ2n) is 7.25. The molecule has 22 heavy (non-hydrogen) atoms. The fourth-order valence-corrected chi connectivity index (χ4v) is 1.71. The Kier molecular flexibility index (Phi) is 5.80. The molecule has 0 bridgehead atoms. The van der Waals surface area contributed by atoms with E-state index < -0.39 is 11.9 Å². The molecule has 0 saturated heterocycles. The molecule has 1 rings (SSSR count). The SMILES string of the molecule is CC(C)(C)NC(=O)OCCOc1ccc(C(C)(C)C)cc1F. The van der Waals surface area contributed by atoms with Crippen LogP contribution in [-0.2, 0) is 10.2 Å². The maximum atomic E-state index is 13.9. The van der Waals surface area contributed by atoms with Crippen LogP contribution in [0, 0.1) is 5.82 Å². The number of nitrogens with one attached hydrogen (secondary N) is 1. The van der Waals surface area contributed by atoms with Crippen LogP contribution in [-0.4, -0.2) is 24.8 Å². The number of amides is 1. The van der Waals surface area contributed by atoms with Crippen LogP contribution in [0.5, 0.6) is 5.75 Å². The zero-order valence-electron chi connectivity index (χ0n) is 14.2. The Morgan fingerprint density at radius 2 is 1.77 bits per heavy atom. The molecule has 0 spiro atoms. The van der Waals surface area contributed by atoms with E-state index in [2.05, 4.69) is 5.32 Å². The molecule has 124 valence electrons. The monoisotopic (exact) mass is 311 g/mol. The summed E-state index contributed by atoms with van der Waals surface area (Å²) in [5.74, 6) is -0.251. The number of ether oxygens (including phenoxy) is 2. The summed E-state index contributed by atoms with van der Waals surface area (Å²) in [6, 6.07) is 4.92. The number of carbonyl (C=O) groups excluding carboxylic acids is 1. The second kappa shape index (κ2) is 6.99. The normalized spacial score (nSPS) is 12.0. The van der Waals surface area contributed by atoms with Crippen molar-refractivity contribution in [3.05, 3.63) is 29.6 Å². The molecule has 0 heterocycles. The van der Waals surface area contributed by atoms with Crippen molar-refractivity contribution in [2.45, 2.75) is 52.5 Å². The van der Waals surface area contributed by atoms with Crippen LogP contribution in [0.1, 0.15) is 47.1 Å².